The zero-order valence-electron chi connectivity index (χ0n) is 15.2. The molecule has 27 heavy (non-hydrogen) atoms. The third kappa shape index (κ3) is 4.42. The van der Waals surface area contributed by atoms with Gasteiger partial charge in [0.05, 0.1) is 5.02 Å². The average Bonchev–Trinajstić information content (AvgIpc) is 2.95. The summed E-state index contributed by atoms with van der Waals surface area (Å²) < 4.78 is 21.9. The number of benzene rings is 2. The first-order valence-corrected chi connectivity index (χ1v) is 9.15. The molecule has 0 spiro atoms. The Kier molecular flexibility index (Phi) is 5.71. The number of carbonyl (C=O) groups is 1. The molecule has 0 bridgehead atoms. The number of rotatable bonds is 7. The molecule has 4 nitrogen and oxygen atoms in total. The van der Waals surface area contributed by atoms with Crippen LogP contribution in [0.3, 0.4) is 0 Å². The molecule has 0 aliphatic carbocycles. The standard InChI is InChI=1S/C21H21ClFNO3/c1-13(2)24-11-18(22)17-9-14(3-7-20(17)24)12-27-16-6-4-15(19(23)10-16)5-8-21(25)26/h3-4,6-7,9-11,13H,5,8,12H2,1-2H3,(H,25,26). The molecule has 1 heterocycles. The summed E-state index contributed by atoms with van der Waals surface area (Å²) in [7, 11) is 0. The molecule has 142 valence electrons. The van der Waals surface area contributed by atoms with Gasteiger partial charge in [0.25, 0.3) is 0 Å². The maximum atomic E-state index is 14.1. The molecule has 2 aromatic carbocycles. The lowest BCUT2D eigenvalue weighted by atomic mass is 10.1. The van der Waals surface area contributed by atoms with Crippen LogP contribution in [0.4, 0.5) is 4.39 Å². The summed E-state index contributed by atoms with van der Waals surface area (Å²) in [6.07, 6.45) is 1.98. The molecule has 0 atom stereocenters. The lowest BCUT2D eigenvalue weighted by Gasteiger charge is -2.10. The van der Waals surface area contributed by atoms with Gasteiger partial charge in [-0.15, -0.1) is 0 Å². The Balaban J connectivity index is 1.72. The Hall–Kier alpha value is -2.53. The Labute approximate surface area is 162 Å². The van der Waals surface area contributed by atoms with E-state index in [-0.39, 0.29) is 19.4 Å². The summed E-state index contributed by atoms with van der Waals surface area (Å²) in [5.41, 5.74) is 2.36. The monoisotopic (exact) mass is 389 g/mol. The number of ether oxygens (including phenoxy) is 1. The van der Waals surface area contributed by atoms with E-state index in [1.165, 1.54) is 6.07 Å². The number of halogens is 2. The van der Waals surface area contributed by atoms with Crippen molar-refractivity contribution in [1.29, 1.82) is 0 Å². The Morgan fingerprint density at radius 3 is 2.70 bits per heavy atom. The normalized spacial score (nSPS) is 11.3. The number of hydrogen-bond donors (Lipinski definition) is 1. The van der Waals surface area contributed by atoms with E-state index in [1.807, 2.05) is 24.4 Å². The number of fused-ring (bicyclic) bond motifs is 1. The number of aliphatic carboxylic acids is 1. The van der Waals surface area contributed by atoms with Crippen molar-refractivity contribution < 1.29 is 19.0 Å². The lowest BCUT2D eigenvalue weighted by Crippen LogP contribution is -2.01. The quantitative estimate of drug-likeness (QED) is 0.571. The average molecular weight is 390 g/mol. The van der Waals surface area contributed by atoms with Crippen molar-refractivity contribution >= 4 is 28.5 Å². The highest BCUT2D eigenvalue weighted by molar-refractivity contribution is 6.35. The highest BCUT2D eigenvalue weighted by Gasteiger charge is 2.11. The number of carboxylic acid groups (broad SMARTS) is 1. The molecule has 0 radical (unpaired) electrons. The number of hydrogen-bond acceptors (Lipinski definition) is 2. The summed E-state index contributed by atoms with van der Waals surface area (Å²) in [4.78, 5) is 10.6. The number of carboxylic acids is 1. The first-order valence-electron chi connectivity index (χ1n) is 8.77. The molecule has 0 saturated heterocycles. The predicted octanol–water partition coefficient (Wildman–Crippen LogP) is 5.61. The summed E-state index contributed by atoms with van der Waals surface area (Å²) >= 11 is 6.35. The maximum absolute atomic E-state index is 14.1. The first kappa shape index (κ1) is 19.2. The molecule has 0 saturated carbocycles. The number of nitrogens with zero attached hydrogens (tertiary/aromatic N) is 1. The molecule has 3 aromatic rings. The van der Waals surface area contributed by atoms with Crippen LogP contribution >= 0.6 is 11.6 Å². The zero-order chi connectivity index (χ0) is 19.6. The predicted molar refractivity (Wildman–Crippen MR) is 104 cm³/mol. The van der Waals surface area contributed by atoms with E-state index in [1.54, 1.807) is 12.1 Å². The van der Waals surface area contributed by atoms with Gasteiger partial charge in [-0.3, -0.25) is 4.79 Å². The SMILES string of the molecule is CC(C)n1cc(Cl)c2cc(COc3ccc(CCC(=O)O)c(F)c3)ccc21. The van der Waals surface area contributed by atoms with Crippen molar-refractivity contribution in [2.45, 2.75) is 39.3 Å². The van der Waals surface area contributed by atoms with Crippen LogP contribution in [0.25, 0.3) is 10.9 Å². The first-order chi connectivity index (χ1) is 12.8. The second kappa shape index (κ2) is 8.01. The second-order valence-corrected chi connectivity index (χ2v) is 7.17. The van der Waals surface area contributed by atoms with Gasteiger partial charge in [0.15, 0.2) is 0 Å². The third-order valence-corrected chi connectivity index (χ3v) is 4.74. The minimum atomic E-state index is -0.949. The summed E-state index contributed by atoms with van der Waals surface area (Å²) in [6.45, 7) is 4.48. The van der Waals surface area contributed by atoms with Gasteiger partial charge in [-0.25, -0.2) is 4.39 Å². The fraction of sp³-hybridized carbons (Fsp3) is 0.286. The third-order valence-electron chi connectivity index (χ3n) is 4.44. The smallest absolute Gasteiger partial charge is 0.303 e. The molecular weight excluding hydrogens is 369 g/mol. The molecule has 0 aliphatic heterocycles. The minimum Gasteiger partial charge on any atom is -0.489 e. The van der Waals surface area contributed by atoms with E-state index >= 15 is 0 Å². The summed E-state index contributed by atoms with van der Waals surface area (Å²) in [5.74, 6) is -1.01. The molecule has 0 unspecified atom stereocenters. The Morgan fingerprint density at radius 1 is 1.26 bits per heavy atom. The molecule has 0 aliphatic rings. The van der Waals surface area contributed by atoms with Gasteiger partial charge in [-0.05, 0) is 49.6 Å². The van der Waals surface area contributed by atoms with Crippen LogP contribution in [0.1, 0.15) is 37.4 Å². The van der Waals surface area contributed by atoms with Gasteiger partial charge >= 0.3 is 5.97 Å². The van der Waals surface area contributed by atoms with Gasteiger partial charge in [0.2, 0.25) is 0 Å². The van der Waals surface area contributed by atoms with E-state index in [0.29, 0.717) is 22.4 Å². The van der Waals surface area contributed by atoms with Crippen molar-refractivity contribution in [3.8, 4) is 5.75 Å². The molecular formula is C21H21ClFNO3. The van der Waals surface area contributed by atoms with E-state index < -0.39 is 11.8 Å². The molecule has 1 aromatic heterocycles. The highest BCUT2D eigenvalue weighted by atomic mass is 35.5. The van der Waals surface area contributed by atoms with Gasteiger partial charge in [0.1, 0.15) is 18.2 Å². The topological polar surface area (TPSA) is 51.5 Å². The van der Waals surface area contributed by atoms with Crippen LogP contribution in [-0.4, -0.2) is 15.6 Å². The molecule has 0 amide bonds. The van der Waals surface area contributed by atoms with Crippen molar-refractivity contribution in [2.75, 3.05) is 0 Å². The minimum absolute atomic E-state index is 0.103. The van der Waals surface area contributed by atoms with Crippen molar-refractivity contribution in [1.82, 2.24) is 4.57 Å². The largest absolute Gasteiger partial charge is 0.489 e. The molecule has 0 fully saturated rings. The number of aromatic nitrogens is 1. The van der Waals surface area contributed by atoms with E-state index in [2.05, 4.69) is 18.4 Å². The second-order valence-electron chi connectivity index (χ2n) is 6.77. The van der Waals surface area contributed by atoms with Crippen LogP contribution in [0.5, 0.6) is 5.75 Å². The van der Waals surface area contributed by atoms with E-state index in [0.717, 1.165) is 16.5 Å². The van der Waals surface area contributed by atoms with Crippen LogP contribution in [0.15, 0.2) is 42.6 Å². The molecule has 6 heteroatoms. The van der Waals surface area contributed by atoms with E-state index in [9.17, 15) is 9.18 Å². The summed E-state index contributed by atoms with van der Waals surface area (Å²) in [5, 5.41) is 10.3. The van der Waals surface area contributed by atoms with Gasteiger partial charge in [-0.1, -0.05) is 23.7 Å². The van der Waals surface area contributed by atoms with Crippen molar-refractivity contribution in [2.24, 2.45) is 0 Å². The Morgan fingerprint density at radius 2 is 2.04 bits per heavy atom. The lowest BCUT2D eigenvalue weighted by molar-refractivity contribution is -0.136. The highest BCUT2D eigenvalue weighted by Crippen LogP contribution is 2.29. The van der Waals surface area contributed by atoms with Crippen molar-refractivity contribution in [3.63, 3.8) is 0 Å². The fourth-order valence-electron chi connectivity index (χ4n) is 3.01. The molecule has 1 N–H and O–H groups in total. The van der Waals surface area contributed by atoms with Crippen molar-refractivity contribution in [3.05, 3.63) is 64.6 Å². The van der Waals surface area contributed by atoms with Gasteiger partial charge in [0, 0.05) is 35.6 Å². The summed E-state index contributed by atoms with van der Waals surface area (Å²) in [6, 6.07) is 10.8. The van der Waals surface area contributed by atoms with Crippen LogP contribution < -0.4 is 4.74 Å². The zero-order valence-corrected chi connectivity index (χ0v) is 16.0. The van der Waals surface area contributed by atoms with Gasteiger partial charge in [-0.2, -0.15) is 0 Å². The van der Waals surface area contributed by atoms with Crippen LogP contribution in [-0.2, 0) is 17.8 Å². The van der Waals surface area contributed by atoms with Crippen LogP contribution in [0.2, 0.25) is 5.02 Å². The van der Waals surface area contributed by atoms with Gasteiger partial charge < -0.3 is 14.4 Å². The van der Waals surface area contributed by atoms with E-state index in [4.69, 9.17) is 21.4 Å². The number of aryl methyl sites for hydroxylation is 1. The fourth-order valence-corrected chi connectivity index (χ4v) is 3.26. The molecule has 3 rings (SSSR count). The maximum Gasteiger partial charge on any atom is 0.303 e. The Bertz CT molecular complexity index is 981. The van der Waals surface area contributed by atoms with Crippen LogP contribution in [0, 0.1) is 5.82 Å².